The number of carboxylic acid groups (broad SMARTS) is 1. The van der Waals surface area contributed by atoms with Crippen molar-refractivity contribution in [1.29, 1.82) is 0 Å². The van der Waals surface area contributed by atoms with Gasteiger partial charge in [0.2, 0.25) is 23.6 Å². The van der Waals surface area contributed by atoms with E-state index in [1.54, 1.807) is 6.92 Å². The van der Waals surface area contributed by atoms with Crippen LogP contribution in [0.3, 0.4) is 0 Å². The topological polar surface area (TPSA) is 171 Å². The fourth-order valence-corrected chi connectivity index (χ4v) is 4.01. The van der Waals surface area contributed by atoms with E-state index in [0.717, 1.165) is 17.9 Å². The summed E-state index contributed by atoms with van der Waals surface area (Å²) in [6.07, 6.45) is 2.50. The number of nitrogens with zero attached hydrogens (tertiary/aromatic N) is 1. The van der Waals surface area contributed by atoms with Gasteiger partial charge in [-0.3, -0.25) is 19.2 Å². The number of hydrogen-bond acceptors (Lipinski definition) is 6. The standard InChI is InChI=1S/C20H33N5O6/c1-3-11(2)16(24-17(27)12-6-4-8-22-12)18(28)23-13(10-15(21)26)19(29)25-9-5-7-14(25)20(30)31/h11-14,16,22H,3-10H2,1-2H3,(H2,21,26)(H,23,28)(H,24,27)(H,30,31). The molecule has 2 fully saturated rings. The molecule has 174 valence electrons. The van der Waals surface area contributed by atoms with E-state index >= 15 is 0 Å². The number of carbonyl (C=O) groups is 5. The lowest BCUT2D eigenvalue weighted by Crippen LogP contribution is -2.59. The maximum absolute atomic E-state index is 13.0. The van der Waals surface area contributed by atoms with Crippen LogP contribution < -0.4 is 21.7 Å². The summed E-state index contributed by atoms with van der Waals surface area (Å²) in [5, 5.41) is 17.7. The molecule has 0 aromatic carbocycles. The number of nitrogens with one attached hydrogen (secondary N) is 3. The van der Waals surface area contributed by atoms with E-state index in [1.807, 2.05) is 6.92 Å². The van der Waals surface area contributed by atoms with E-state index in [4.69, 9.17) is 5.73 Å². The molecule has 0 aromatic rings. The predicted molar refractivity (Wildman–Crippen MR) is 111 cm³/mol. The van der Waals surface area contributed by atoms with Gasteiger partial charge in [0.25, 0.3) is 0 Å². The fraction of sp³-hybridized carbons (Fsp3) is 0.750. The third-order valence-corrected chi connectivity index (χ3v) is 6.01. The van der Waals surface area contributed by atoms with Crippen molar-refractivity contribution in [3.8, 4) is 0 Å². The normalized spacial score (nSPS) is 23.6. The first kappa shape index (κ1) is 24.6. The molecule has 5 atom stereocenters. The summed E-state index contributed by atoms with van der Waals surface area (Å²) >= 11 is 0. The summed E-state index contributed by atoms with van der Waals surface area (Å²) in [4.78, 5) is 62.7. The van der Waals surface area contributed by atoms with Crippen molar-refractivity contribution in [3.05, 3.63) is 0 Å². The Morgan fingerprint density at radius 2 is 1.87 bits per heavy atom. The number of likely N-dealkylation sites (tertiary alicyclic amines) is 1. The Morgan fingerprint density at radius 3 is 2.42 bits per heavy atom. The lowest BCUT2D eigenvalue weighted by Gasteiger charge is -2.30. The lowest BCUT2D eigenvalue weighted by atomic mass is 9.97. The van der Waals surface area contributed by atoms with Crippen LogP contribution in [0, 0.1) is 5.92 Å². The van der Waals surface area contributed by atoms with Crippen LogP contribution in [0.5, 0.6) is 0 Å². The molecule has 0 saturated carbocycles. The maximum atomic E-state index is 13.0. The second-order valence-electron chi connectivity index (χ2n) is 8.28. The molecule has 0 bridgehead atoms. The average Bonchev–Trinajstić information content (AvgIpc) is 3.41. The number of primary amides is 1. The van der Waals surface area contributed by atoms with E-state index in [9.17, 15) is 29.1 Å². The lowest BCUT2D eigenvalue weighted by molar-refractivity contribution is -0.149. The van der Waals surface area contributed by atoms with Crippen LogP contribution in [0.1, 0.15) is 52.4 Å². The highest BCUT2D eigenvalue weighted by Crippen LogP contribution is 2.19. The van der Waals surface area contributed by atoms with Gasteiger partial charge in [0, 0.05) is 6.54 Å². The van der Waals surface area contributed by atoms with Gasteiger partial charge in [-0.25, -0.2) is 4.79 Å². The zero-order valence-electron chi connectivity index (χ0n) is 18.1. The number of carboxylic acids is 1. The molecule has 0 spiro atoms. The van der Waals surface area contributed by atoms with Crippen LogP contribution in [0.25, 0.3) is 0 Å². The van der Waals surface area contributed by atoms with Crippen molar-refractivity contribution in [2.45, 2.75) is 76.5 Å². The largest absolute Gasteiger partial charge is 0.480 e. The highest BCUT2D eigenvalue weighted by molar-refractivity contribution is 5.96. The summed E-state index contributed by atoms with van der Waals surface area (Å²) in [5.74, 6) is -3.72. The number of carbonyl (C=O) groups excluding carboxylic acids is 4. The van der Waals surface area contributed by atoms with Crippen molar-refractivity contribution in [3.63, 3.8) is 0 Å². The number of aliphatic carboxylic acids is 1. The minimum Gasteiger partial charge on any atom is -0.480 e. The van der Waals surface area contributed by atoms with Crippen molar-refractivity contribution in [2.75, 3.05) is 13.1 Å². The molecule has 2 aliphatic rings. The van der Waals surface area contributed by atoms with Gasteiger partial charge in [0.15, 0.2) is 0 Å². The van der Waals surface area contributed by atoms with Gasteiger partial charge in [-0.1, -0.05) is 20.3 Å². The van der Waals surface area contributed by atoms with Gasteiger partial charge >= 0.3 is 5.97 Å². The van der Waals surface area contributed by atoms with Crippen LogP contribution in [0.15, 0.2) is 0 Å². The smallest absolute Gasteiger partial charge is 0.326 e. The van der Waals surface area contributed by atoms with Crippen molar-refractivity contribution < 1.29 is 29.1 Å². The van der Waals surface area contributed by atoms with Gasteiger partial charge < -0.3 is 31.7 Å². The van der Waals surface area contributed by atoms with Crippen molar-refractivity contribution in [2.24, 2.45) is 11.7 Å². The third-order valence-electron chi connectivity index (χ3n) is 6.01. The summed E-state index contributed by atoms with van der Waals surface area (Å²) in [6.45, 7) is 4.63. The fourth-order valence-electron chi connectivity index (χ4n) is 4.01. The highest BCUT2D eigenvalue weighted by Gasteiger charge is 2.39. The second kappa shape index (κ2) is 11.1. The Balaban J connectivity index is 2.15. The van der Waals surface area contributed by atoms with Gasteiger partial charge in [-0.05, 0) is 38.1 Å². The highest BCUT2D eigenvalue weighted by atomic mass is 16.4. The SMILES string of the molecule is CCC(C)C(NC(=O)C1CCCN1)C(=O)NC(CC(N)=O)C(=O)N1CCCC1C(=O)O. The van der Waals surface area contributed by atoms with Crippen LogP contribution in [0.4, 0.5) is 0 Å². The zero-order chi connectivity index (χ0) is 23.1. The molecule has 0 aliphatic carbocycles. The Kier molecular flexibility index (Phi) is 8.78. The molecule has 11 nitrogen and oxygen atoms in total. The van der Waals surface area contributed by atoms with E-state index in [0.29, 0.717) is 25.7 Å². The molecule has 2 saturated heterocycles. The Morgan fingerprint density at radius 1 is 1.16 bits per heavy atom. The molecule has 2 aliphatic heterocycles. The molecule has 2 rings (SSSR count). The van der Waals surface area contributed by atoms with E-state index < -0.39 is 48.2 Å². The number of rotatable bonds is 10. The van der Waals surface area contributed by atoms with E-state index in [-0.39, 0.29) is 24.4 Å². The Hall–Kier alpha value is -2.69. The van der Waals surface area contributed by atoms with Gasteiger partial charge in [0.1, 0.15) is 18.1 Å². The molecule has 0 aromatic heterocycles. The van der Waals surface area contributed by atoms with Gasteiger partial charge in [-0.15, -0.1) is 0 Å². The maximum Gasteiger partial charge on any atom is 0.326 e. The number of nitrogens with two attached hydrogens (primary N) is 1. The zero-order valence-corrected chi connectivity index (χ0v) is 18.1. The first-order valence-corrected chi connectivity index (χ1v) is 10.8. The summed E-state index contributed by atoms with van der Waals surface area (Å²) < 4.78 is 0. The van der Waals surface area contributed by atoms with Crippen molar-refractivity contribution in [1.82, 2.24) is 20.9 Å². The number of hydrogen-bond donors (Lipinski definition) is 5. The minimum absolute atomic E-state index is 0.222. The van der Waals surface area contributed by atoms with Crippen LogP contribution >= 0.6 is 0 Å². The molecule has 31 heavy (non-hydrogen) atoms. The van der Waals surface area contributed by atoms with Crippen molar-refractivity contribution >= 4 is 29.6 Å². The van der Waals surface area contributed by atoms with E-state index in [1.165, 1.54) is 0 Å². The molecule has 5 unspecified atom stereocenters. The Bertz CT molecular complexity index is 708. The average molecular weight is 440 g/mol. The summed E-state index contributed by atoms with van der Waals surface area (Å²) in [6, 6.07) is -3.57. The summed E-state index contributed by atoms with van der Waals surface area (Å²) in [5.41, 5.74) is 5.27. The second-order valence-corrected chi connectivity index (χ2v) is 8.28. The third kappa shape index (κ3) is 6.39. The Labute approximate surface area is 181 Å². The van der Waals surface area contributed by atoms with Gasteiger partial charge in [0.05, 0.1) is 12.5 Å². The quantitative estimate of drug-likeness (QED) is 0.282. The molecule has 0 radical (unpaired) electrons. The van der Waals surface area contributed by atoms with Crippen LogP contribution in [-0.2, 0) is 24.0 Å². The summed E-state index contributed by atoms with van der Waals surface area (Å²) in [7, 11) is 0. The molecular formula is C20H33N5O6. The first-order chi connectivity index (χ1) is 14.6. The van der Waals surface area contributed by atoms with Crippen LogP contribution in [-0.4, -0.2) is 76.9 Å². The predicted octanol–water partition coefficient (Wildman–Crippen LogP) is -1.29. The molecule has 4 amide bonds. The molecular weight excluding hydrogens is 406 g/mol. The molecule has 2 heterocycles. The van der Waals surface area contributed by atoms with Crippen LogP contribution in [0.2, 0.25) is 0 Å². The molecule has 6 N–H and O–H groups in total. The monoisotopic (exact) mass is 439 g/mol. The van der Waals surface area contributed by atoms with Gasteiger partial charge in [-0.2, -0.15) is 0 Å². The minimum atomic E-state index is -1.29. The molecule has 11 heteroatoms. The first-order valence-electron chi connectivity index (χ1n) is 10.8. The van der Waals surface area contributed by atoms with E-state index in [2.05, 4.69) is 16.0 Å². The number of amides is 4.